The monoisotopic (exact) mass is 124 g/mol. The van der Waals surface area contributed by atoms with E-state index in [1.807, 2.05) is 0 Å². The van der Waals surface area contributed by atoms with Crippen LogP contribution in [-0.2, 0) is 4.79 Å². The zero-order chi connectivity index (χ0) is 7.11. The topological polar surface area (TPSA) is 17.1 Å². The minimum atomic E-state index is 0.412. The average Bonchev–Trinajstić information content (AvgIpc) is 1.91. The Balaban J connectivity index is 3.66. The van der Waals surface area contributed by atoms with Crippen LogP contribution in [0.25, 0.3) is 0 Å². The number of aldehydes is 1. The number of hydrogen-bond donors (Lipinski definition) is 0. The number of rotatable bonds is 2. The van der Waals surface area contributed by atoms with Crippen LogP contribution in [-0.4, -0.2) is 6.29 Å². The maximum absolute atomic E-state index is 9.77. The number of carbonyl (C=O) groups is 1. The largest absolute Gasteiger partial charge is 0.289 e. The molecule has 0 fully saturated rings. The lowest BCUT2D eigenvalue weighted by atomic mass is 10.1. The fourth-order valence-corrected chi connectivity index (χ4v) is 0.645. The van der Waals surface area contributed by atoms with Crippen molar-refractivity contribution in [2.45, 2.75) is 26.7 Å². The zero-order valence-electron chi connectivity index (χ0n) is 5.98. The highest BCUT2D eigenvalue weighted by Gasteiger charge is 1.94. The molecule has 0 radical (unpaired) electrons. The van der Waals surface area contributed by atoms with E-state index in [4.69, 9.17) is 0 Å². The Bertz CT molecular complexity index is 123. The second-order valence-electron chi connectivity index (χ2n) is 1.92. The van der Waals surface area contributed by atoms with Crippen LogP contribution < -0.4 is 0 Å². The van der Waals surface area contributed by atoms with Crippen molar-refractivity contribution in [2.75, 3.05) is 0 Å². The van der Waals surface area contributed by atoms with Crippen molar-refractivity contribution in [3.63, 3.8) is 0 Å². The molecule has 0 aliphatic carbocycles. The molecule has 50 valence electrons. The van der Waals surface area contributed by atoms with Crippen LogP contribution in [0.4, 0.5) is 0 Å². The molecule has 0 heterocycles. The van der Waals surface area contributed by atoms with E-state index in [1.165, 1.54) is 0 Å². The molecular weight excluding hydrogens is 112 g/mol. The Hall–Kier alpha value is -0.770. The number of hydrogen-bond acceptors (Lipinski definition) is 1. The molecule has 0 N–H and O–H groups in total. The van der Waals surface area contributed by atoms with E-state index in [0.717, 1.165) is 12.8 Å². The molecule has 0 bridgehead atoms. The Morgan fingerprint density at radius 3 is 2.33 bits per heavy atom. The van der Waals surface area contributed by atoms with Gasteiger partial charge in [0, 0.05) is 5.92 Å². The molecule has 0 aliphatic rings. The molecule has 0 atom stereocenters. The second kappa shape index (κ2) is 5.37. The Morgan fingerprint density at radius 2 is 2.00 bits per heavy atom. The lowest BCUT2D eigenvalue weighted by Gasteiger charge is -1.99. The summed E-state index contributed by atoms with van der Waals surface area (Å²) in [7, 11) is 0. The highest BCUT2D eigenvalue weighted by Crippen LogP contribution is 2.03. The van der Waals surface area contributed by atoms with E-state index in [-0.39, 0.29) is 0 Å². The quantitative estimate of drug-likeness (QED) is 0.404. The summed E-state index contributed by atoms with van der Waals surface area (Å²) in [5.41, 5.74) is 0. The fraction of sp³-hybridized carbons (Fsp3) is 0.625. The predicted octanol–water partition coefficient (Wildman–Crippen LogP) is 1.62. The Labute approximate surface area is 56.5 Å². The summed E-state index contributed by atoms with van der Waals surface area (Å²) in [4.78, 5) is 9.77. The SMILES string of the molecule is CCC(C#CC=O)CC. The van der Waals surface area contributed by atoms with Gasteiger partial charge in [-0.1, -0.05) is 19.8 Å². The van der Waals surface area contributed by atoms with Crippen LogP contribution in [0.2, 0.25) is 0 Å². The summed E-state index contributed by atoms with van der Waals surface area (Å²) in [5, 5.41) is 0. The third-order valence-electron chi connectivity index (χ3n) is 1.33. The maximum atomic E-state index is 9.77. The van der Waals surface area contributed by atoms with Crippen LogP contribution in [0.3, 0.4) is 0 Å². The molecular formula is C8H12O. The van der Waals surface area contributed by atoms with Gasteiger partial charge < -0.3 is 0 Å². The molecule has 1 nitrogen and oxygen atoms in total. The molecule has 0 spiro atoms. The van der Waals surface area contributed by atoms with Crippen molar-refractivity contribution in [3.8, 4) is 11.8 Å². The predicted molar refractivity (Wildman–Crippen MR) is 37.9 cm³/mol. The summed E-state index contributed by atoms with van der Waals surface area (Å²) in [6.45, 7) is 4.15. The van der Waals surface area contributed by atoms with Gasteiger partial charge in [-0.05, 0) is 18.8 Å². The van der Waals surface area contributed by atoms with Crippen molar-refractivity contribution in [1.82, 2.24) is 0 Å². The second-order valence-corrected chi connectivity index (χ2v) is 1.92. The summed E-state index contributed by atoms with van der Waals surface area (Å²) in [6, 6.07) is 0. The van der Waals surface area contributed by atoms with Gasteiger partial charge in [-0.15, -0.1) is 0 Å². The van der Waals surface area contributed by atoms with E-state index < -0.39 is 0 Å². The van der Waals surface area contributed by atoms with Gasteiger partial charge in [0.2, 0.25) is 0 Å². The van der Waals surface area contributed by atoms with Crippen LogP contribution >= 0.6 is 0 Å². The van der Waals surface area contributed by atoms with Crippen LogP contribution in [0, 0.1) is 17.8 Å². The molecule has 0 saturated carbocycles. The van der Waals surface area contributed by atoms with E-state index in [1.54, 1.807) is 0 Å². The summed E-state index contributed by atoms with van der Waals surface area (Å²) < 4.78 is 0. The first-order valence-electron chi connectivity index (χ1n) is 3.29. The first-order chi connectivity index (χ1) is 4.35. The van der Waals surface area contributed by atoms with Crippen molar-refractivity contribution >= 4 is 6.29 Å². The fourth-order valence-electron chi connectivity index (χ4n) is 0.645. The van der Waals surface area contributed by atoms with Gasteiger partial charge in [0.05, 0.1) is 0 Å². The molecule has 1 heteroatoms. The van der Waals surface area contributed by atoms with E-state index >= 15 is 0 Å². The van der Waals surface area contributed by atoms with Gasteiger partial charge >= 0.3 is 0 Å². The van der Waals surface area contributed by atoms with Gasteiger partial charge in [0.1, 0.15) is 0 Å². The van der Waals surface area contributed by atoms with Crippen LogP contribution in [0.15, 0.2) is 0 Å². The number of carbonyl (C=O) groups excluding carboxylic acids is 1. The van der Waals surface area contributed by atoms with Crippen molar-refractivity contribution in [1.29, 1.82) is 0 Å². The van der Waals surface area contributed by atoms with E-state index in [0.29, 0.717) is 12.2 Å². The van der Waals surface area contributed by atoms with Crippen LogP contribution in [0.1, 0.15) is 26.7 Å². The summed E-state index contributed by atoms with van der Waals surface area (Å²) >= 11 is 0. The first kappa shape index (κ1) is 8.23. The maximum Gasteiger partial charge on any atom is 0.192 e. The third kappa shape index (κ3) is 3.78. The molecule has 0 rings (SSSR count). The van der Waals surface area contributed by atoms with Gasteiger partial charge in [0.25, 0.3) is 0 Å². The minimum Gasteiger partial charge on any atom is -0.289 e. The summed E-state index contributed by atoms with van der Waals surface area (Å²) in [6.07, 6.45) is 2.73. The van der Waals surface area contributed by atoms with Crippen LogP contribution in [0.5, 0.6) is 0 Å². The molecule has 0 aliphatic heterocycles. The van der Waals surface area contributed by atoms with Crippen molar-refractivity contribution in [3.05, 3.63) is 0 Å². The van der Waals surface area contributed by atoms with Gasteiger partial charge in [0.15, 0.2) is 6.29 Å². The Morgan fingerprint density at radius 1 is 1.44 bits per heavy atom. The highest BCUT2D eigenvalue weighted by molar-refractivity contribution is 5.72. The molecule has 0 saturated heterocycles. The molecule has 9 heavy (non-hydrogen) atoms. The molecule has 0 aromatic carbocycles. The lowest BCUT2D eigenvalue weighted by Crippen LogP contribution is -1.90. The lowest BCUT2D eigenvalue weighted by molar-refractivity contribution is -0.103. The standard InChI is InChI=1S/C8H12O/c1-3-8(4-2)6-5-7-9/h7-8H,3-4H2,1-2H3. The van der Waals surface area contributed by atoms with E-state index in [2.05, 4.69) is 25.7 Å². The van der Waals surface area contributed by atoms with Gasteiger partial charge in [-0.2, -0.15) is 0 Å². The summed E-state index contributed by atoms with van der Waals surface area (Å²) in [5.74, 6) is 5.68. The van der Waals surface area contributed by atoms with E-state index in [9.17, 15) is 4.79 Å². The third-order valence-corrected chi connectivity index (χ3v) is 1.33. The van der Waals surface area contributed by atoms with Crippen molar-refractivity contribution < 1.29 is 4.79 Å². The highest BCUT2D eigenvalue weighted by atomic mass is 16.1. The zero-order valence-corrected chi connectivity index (χ0v) is 5.98. The average molecular weight is 124 g/mol. The normalized spacial score (nSPS) is 8.33. The van der Waals surface area contributed by atoms with Gasteiger partial charge in [-0.25, -0.2) is 0 Å². The molecule has 0 aromatic rings. The Kier molecular flexibility index (Phi) is 4.91. The first-order valence-corrected chi connectivity index (χ1v) is 3.29. The molecule has 0 aromatic heterocycles. The molecule has 0 amide bonds. The van der Waals surface area contributed by atoms with Gasteiger partial charge in [-0.3, -0.25) is 4.79 Å². The smallest absolute Gasteiger partial charge is 0.192 e. The molecule has 0 unspecified atom stereocenters. The minimum absolute atomic E-state index is 0.412. The van der Waals surface area contributed by atoms with Crippen molar-refractivity contribution in [2.24, 2.45) is 5.92 Å².